The minimum absolute atomic E-state index is 0.0464. The third-order valence-electron chi connectivity index (χ3n) is 6.45. The van der Waals surface area contributed by atoms with Crippen LogP contribution in [0.3, 0.4) is 0 Å². The highest BCUT2D eigenvalue weighted by Crippen LogP contribution is 2.43. The summed E-state index contributed by atoms with van der Waals surface area (Å²) in [6, 6.07) is 17.3. The number of aliphatic hydroxyl groups is 1. The number of nitrogens with zero attached hydrogens (tertiary/aromatic N) is 2. The van der Waals surface area contributed by atoms with E-state index >= 15 is 0 Å². The second-order valence-electron chi connectivity index (χ2n) is 8.60. The molecule has 2 saturated heterocycles. The molecule has 0 bridgehead atoms. The fraction of sp³-hybridized carbons (Fsp3) is 0.185. The molecule has 1 atom stereocenters. The molecule has 0 aliphatic carbocycles. The van der Waals surface area contributed by atoms with E-state index < -0.39 is 17.7 Å². The monoisotopic (exact) mass is 508 g/mol. The summed E-state index contributed by atoms with van der Waals surface area (Å²) in [7, 11) is 0. The first-order chi connectivity index (χ1) is 16.8. The number of aromatic hydroxyl groups is 1. The Morgan fingerprint density at radius 2 is 1.46 bits per heavy atom. The normalized spacial score (nSPS) is 19.5. The quantitative estimate of drug-likeness (QED) is 0.259. The summed E-state index contributed by atoms with van der Waals surface area (Å²) < 4.78 is 0. The van der Waals surface area contributed by atoms with Gasteiger partial charge in [0.1, 0.15) is 11.5 Å². The van der Waals surface area contributed by atoms with Gasteiger partial charge >= 0.3 is 0 Å². The number of hydrogen-bond donors (Lipinski definition) is 2. The SMILES string of the molecule is O=C1C(=O)N(c2ccc(N3CCCC3)cc2)C(c2ccc(O)cc2)/C1=C(/O)c1ccc(Cl)c(Cl)c1. The second-order valence-corrected chi connectivity index (χ2v) is 9.41. The number of halogens is 2. The van der Waals surface area contributed by atoms with E-state index in [2.05, 4.69) is 4.90 Å². The number of phenolic OH excluding ortho intramolecular Hbond substituents is 1. The number of ketones is 1. The zero-order chi connectivity index (χ0) is 24.7. The number of amides is 1. The average molecular weight is 509 g/mol. The van der Waals surface area contributed by atoms with Gasteiger partial charge in [0, 0.05) is 30.0 Å². The van der Waals surface area contributed by atoms with E-state index in [-0.39, 0.29) is 27.7 Å². The molecule has 2 N–H and O–H groups in total. The summed E-state index contributed by atoms with van der Waals surface area (Å²) in [6.45, 7) is 1.97. The summed E-state index contributed by atoms with van der Waals surface area (Å²) in [5.41, 5.74) is 2.35. The Labute approximate surface area is 212 Å². The zero-order valence-corrected chi connectivity index (χ0v) is 20.1. The van der Waals surface area contributed by atoms with Crippen molar-refractivity contribution in [2.45, 2.75) is 18.9 Å². The van der Waals surface area contributed by atoms with Crippen molar-refractivity contribution in [3.63, 3.8) is 0 Å². The predicted octanol–water partition coefficient (Wildman–Crippen LogP) is 5.93. The molecule has 3 aromatic rings. The maximum Gasteiger partial charge on any atom is 0.300 e. The lowest BCUT2D eigenvalue weighted by Gasteiger charge is -2.26. The molecular formula is C27H22Cl2N2O4. The molecule has 8 heteroatoms. The van der Waals surface area contributed by atoms with Crippen LogP contribution in [0.25, 0.3) is 5.76 Å². The molecule has 2 aliphatic rings. The van der Waals surface area contributed by atoms with Gasteiger partial charge < -0.3 is 15.1 Å². The van der Waals surface area contributed by atoms with Crippen LogP contribution in [0.1, 0.15) is 30.0 Å². The van der Waals surface area contributed by atoms with Gasteiger partial charge in [0.15, 0.2) is 0 Å². The van der Waals surface area contributed by atoms with E-state index in [0.717, 1.165) is 31.6 Å². The van der Waals surface area contributed by atoms with Crippen LogP contribution in [-0.2, 0) is 9.59 Å². The number of rotatable bonds is 4. The van der Waals surface area contributed by atoms with Crippen molar-refractivity contribution in [2.24, 2.45) is 0 Å². The van der Waals surface area contributed by atoms with E-state index in [1.54, 1.807) is 12.1 Å². The Morgan fingerprint density at radius 1 is 0.829 bits per heavy atom. The van der Waals surface area contributed by atoms with Crippen LogP contribution in [-0.4, -0.2) is 35.0 Å². The second kappa shape index (κ2) is 9.29. The Bertz CT molecular complexity index is 1330. The van der Waals surface area contributed by atoms with Crippen LogP contribution < -0.4 is 9.80 Å². The molecule has 1 unspecified atom stereocenters. The molecule has 2 fully saturated rings. The van der Waals surface area contributed by atoms with Gasteiger partial charge in [-0.3, -0.25) is 14.5 Å². The van der Waals surface area contributed by atoms with Gasteiger partial charge in [0.05, 0.1) is 21.7 Å². The van der Waals surface area contributed by atoms with Gasteiger partial charge in [-0.2, -0.15) is 0 Å². The van der Waals surface area contributed by atoms with Crippen molar-refractivity contribution in [2.75, 3.05) is 22.9 Å². The third kappa shape index (κ3) is 4.24. The van der Waals surface area contributed by atoms with E-state index in [9.17, 15) is 19.8 Å². The van der Waals surface area contributed by atoms with Crippen LogP contribution in [0.2, 0.25) is 10.0 Å². The average Bonchev–Trinajstić information content (AvgIpc) is 3.48. The number of hydrogen-bond acceptors (Lipinski definition) is 5. The summed E-state index contributed by atoms with van der Waals surface area (Å²) >= 11 is 12.1. The molecule has 178 valence electrons. The molecule has 0 radical (unpaired) electrons. The molecule has 2 aliphatic heterocycles. The van der Waals surface area contributed by atoms with Gasteiger partial charge in [-0.25, -0.2) is 0 Å². The highest BCUT2D eigenvalue weighted by molar-refractivity contribution is 6.51. The first-order valence-corrected chi connectivity index (χ1v) is 12.0. The van der Waals surface area contributed by atoms with Crippen LogP contribution in [0.4, 0.5) is 11.4 Å². The van der Waals surface area contributed by atoms with Crippen molar-refractivity contribution < 1.29 is 19.8 Å². The smallest absolute Gasteiger partial charge is 0.300 e. The maximum atomic E-state index is 13.3. The summed E-state index contributed by atoms with van der Waals surface area (Å²) in [5.74, 6) is -1.87. The van der Waals surface area contributed by atoms with Gasteiger partial charge in [0.25, 0.3) is 11.7 Å². The van der Waals surface area contributed by atoms with Crippen molar-refractivity contribution in [3.8, 4) is 5.75 Å². The number of anilines is 2. The molecule has 6 nitrogen and oxygen atoms in total. The Balaban J connectivity index is 1.63. The minimum atomic E-state index is -0.900. The van der Waals surface area contributed by atoms with Gasteiger partial charge in [-0.15, -0.1) is 0 Å². The van der Waals surface area contributed by atoms with E-state index in [4.69, 9.17) is 23.2 Å². The first-order valence-electron chi connectivity index (χ1n) is 11.3. The maximum absolute atomic E-state index is 13.3. The number of aliphatic hydroxyl groups excluding tert-OH is 1. The summed E-state index contributed by atoms with van der Waals surface area (Å²) in [6.07, 6.45) is 2.29. The van der Waals surface area contributed by atoms with Crippen molar-refractivity contribution in [3.05, 3.63) is 93.5 Å². The summed E-state index contributed by atoms with van der Waals surface area (Å²) in [5, 5.41) is 21.5. The van der Waals surface area contributed by atoms with Crippen LogP contribution in [0.5, 0.6) is 5.75 Å². The largest absolute Gasteiger partial charge is 0.508 e. The van der Waals surface area contributed by atoms with Crippen molar-refractivity contribution >= 4 is 52.0 Å². The standard InChI is InChI=1S/C27H22Cl2N2O4/c28-21-12-5-17(15-22(21)29)25(33)23-24(16-3-10-20(32)11-4-16)31(27(35)26(23)34)19-8-6-18(7-9-19)30-13-1-2-14-30/h3-12,15,24,32-33H,1-2,13-14H2/b25-23-. The molecular weight excluding hydrogens is 487 g/mol. The predicted molar refractivity (Wildman–Crippen MR) is 137 cm³/mol. The molecule has 5 rings (SSSR count). The molecule has 2 heterocycles. The number of phenols is 1. The number of carbonyl (C=O) groups is 2. The van der Waals surface area contributed by atoms with Gasteiger partial charge in [-0.1, -0.05) is 35.3 Å². The molecule has 0 saturated carbocycles. The van der Waals surface area contributed by atoms with Crippen LogP contribution >= 0.6 is 23.2 Å². The lowest BCUT2D eigenvalue weighted by molar-refractivity contribution is -0.132. The molecule has 1 amide bonds. The lowest BCUT2D eigenvalue weighted by atomic mass is 9.95. The highest BCUT2D eigenvalue weighted by atomic mass is 35.5. The Hall–Kier alpha value is -3.48. The lowest BCUT2D eigenvalue weighted by Crippen LogP contribution is -2.29. The topological polar surface area (TPSA) is 81.1 Å². The Morgan fingerprint density at radius 3 is 2.09 bits per heavy atom. The fourth-order valence-corrected chi connectivity index (χ4v) is 4.97. The summed E-state index contributed by atoms with van der Waals surface area (Å²) in [4.78, 5) is 30.2. The van der Waals surface area contributed by atoms with Gasteiger partial charge in [0.2, 0.25) is 0 Å². The first kappa shape index (κ1) is 23.3. The van der Waals surface area contributed by atoms with E-state index in [0.29, 0.717) is 16.3 Å². The van der Waals surface area contributed by atoms with Crippen LogP contribution in [0, 0.1) is 0 Å². The molecule has 0 spiro atoms. The fourth-order valence-electron chi connectivity index (χ4n) is 4.67. The number of benzene rings is 3. The van der Waals surface area contributed by atoms with E-state index in [1.807, 2.05) is 24.3 Å². The molecule has 0 aromatic heterocycles. The number of carbonyl (C=O) groups excluding carboxylic acids is 2. The van der Waals surface area contributed by atoms with E-state index in [1.165, 1.54) is 35.2 Å². The zero-order valence-electron chi connectivity index (χ0n) is 18.6. The van der Waals surface area contributed by atoms with Crippen molar-refractivity contribution in [1.82, 2.24) is 0 Å². The van der Waals surface area contributed by atoms with Crippen LogP contribution in [0.15, 0.2) is 72.3 Å². The van der Waals surface area contributed by atoms with Gasteiger partial charge in [-0.05, 0) is 73.0 Å². The third-order valence-corrected chi connectivity index (χ3v) is 7.18. The Kier molecular flexibility index (Phi) is 6.17. The minimum Gasteiger partial charge on any atom is -0.508 e. The molecule has 3 aromatic carbocycles. The highest BCUT2D eigenvalue weighted by Gasteiger charge is 2.47. The molecule has 35 heavy (non-hydrogen) atoms. The van der Waals surface area contributed by atoms with Crippen molar-refractivity contribution in [1.29, 1.82) is 0 Å². The number of Topliss-reactive ketones (excluding diaryl/α,β-unsaturated/α-hetero) is 1.